The normalized spacial score (nSPS) is 14.5. The highest BCUT2D eigenvalue weighted by atomic mass is 16.5. The van der Waals surface area contributed by atoms with Gasteiger partial charge in [0.25, 0.3) is 0 Å². The summed E-state index contributed by atoms with van der Waals surface area (Å²) < 4.78 is 10.5. The first-order chi connectivity index (χ1) is 10.1. The molecule has 0 atom stereocenters. The molecule has 0 radical (unpaired) electrons. The van der Waals surface area contributed by atoms with E-state index in [1.807, 2.05) is 0 Å². The van der Waals surface area contributed by atoms with Crippen LogP contribution in [0.15, 0.2) is 28.7 Å². The van der Waals surface area contributed by atoms with Crippen LogP contribution in [0, 0.1) is 0 Å². The van der Waals surface area contributed by atoms with Gasteiger partial charge in [-0.2, -0.15) is 0 Å². The molecule has 2 aromatic rings. The van der Waals surface area contributed by atoms with Gasteiger partial charge in [-0.15, -0.1) is 0 Å². The Bertz CT molecular complexity index is 695. The van der Waals surface area contributed by atoms with Crippen LogP contribution in [-0.4, -0.2) is 43.1 Å². The molecule has 2 amide bonds. The number of hydrogen-bond acceptors (Lipinski definition) is 5. The third-order valence-electron chi connectivity index (χ3n) is 3.28. The SMILES string of the molecule is Nc1ccc2oc(C(=O)OCCN3CCNC3=O)cc2c1. The molecule has 1 aromatic heterocycles. The van der Waals surface area contributed by atoms with E-state index in [-0.39, 0.29) is 18.4 Å². The Morgan fingerprint density at radius 2 is 2.29 bits per heavy atom. The van der Waals surface area contributed by atoms with Crippen LogP contribution in [0.3, 0.4) is 0 Å². The molecule has 0 aliphatic carbocycles. The fraction of sp³-hybridized carbons (Fsp3) is 0.286. The van der Waals surface area contributed by atoms with Crippen LogP contribution in [0.1, 0.15) is 10.6 Å². The third kappa shape index (κ3) is 2.76. The summed E-state index contributed by atoms with van der Waals surface area (Å²) in [5.41, 5.74) is 6.85. The lowest BCUT2D eigenvalue weighted by atomic mass is 10.2. The second-order valence-corrected chi connectivity index (χ2v) is 4.76. The fourth-order valence-corrected chi connectivity index (χ4v) is 2.21. The fourth-order valence-electron chi connectivity index (χ4n) is 2.21. The molecule has 3 N–H and O–H groups in total. The number of amides is 2. The molecule has 1 aromatic carbocycles. The Morgan fingerprint density at radius 3 is 3.05 bits per heavy atom. The van der Waals surface area contributed by atoms with Crippen LogP contribution in [0.2, 0.25) is 0 Å². The number of ether oxygens (including phenoxy) is 1. The number of furan rings is 1. The van der Waals surface area contributed by atoms with Crippen molar-refractivity contribution in [3.8, 4) is 0 Å². The van der Waals surface area contributed by atoms with Gasteiger partial charge in [0.05, 0.1) is 6.54 Å². The molecule has 0 spiro atoms. The largest absolute Gasteiger partial charge is 0.458 e. The molecule has 7 heteroatoms. The van der Waals surface area contributed by atoms with Gasteiger partial charge in [0, 0.05) is 24.2 Å². The zero-order chi connectivity index (χ0) is 14.8. The second kappa shape index (κ2) is 5.35. The lowest BCUT2D eigenvalue weighted by molar-refractivity contribution is 0.0448. The highest BCUT2D eigenvalue weighted by Gasteiger charge is 2.20. The van der Waals surface area contributed by atoms with E-state index in [0.717, 1.165) is 5.39 Å². The van der Waals surface area contributed by atoms with Gasteiger partial charge in [-0.25, -0.2) is 9.59 Å². The maximum Gasteiger partial charge on any atom is 0.374 e. The number of esters is 1. The molecule has 3 rings (SSSR count). The van der Waals surface area contributed by atoms with E-state index in [9.17, 15) is 9.59 Å². The number of hydrogen-bond donors (Lipinski definition) is 2. The summed E-state index contributed by atoms with van der Waals surface area (Å²) in [7, 11) is 0. The third-order valence-corrected chi connectivity index (χ3v) is 3.28. The maximum atomic E-state index is 11.9. The van der Waals surface area contributed by atoms with E-state index in [1.165, 1.54) is 0 Å². The smallest absolute Gasteiger partial charge is 0.374 e. The minimum Gasteiger partial charge on any atom is -0.458 e. The average Bonchev–Trinajstić information content (AvgIpc) is 3.05. The van der Waals surface area contributed by atoms with Crippen molar-refractivity contribution < 1.29 is 18.7 Å². The number of urea groups is 1. The van der Waals surface area contributed by atoms with Crippen molar-refractivity contribution in [3.05, 3.63) is 30.0 Å². The molecule has 7 nitrogen and oxygen atoms in total. The molecule has 0 unspecified atom stereocenters. The number of nitrogens with zero attached hydrogens (tertiary/aromatic N) is 1. The van der Waals surface area contributed by atoms with Gasteiger partial charge in [0.1, 0.15) is 12.2 Å². The van der Waals surface area contributed by atoms with Gasteiger partial charge in [-0.3, -0.25) is 0 Å². The lowest BCUT2D eigenvalue weighted by Crippen LogP contribution is -2.31. The van der Waals surface area contributed by atoms with E-state index in [4.69, 9.17) is 14.9 Å². The summed E-state index contributed by atoms with van der Waals surface area (Å²) in [5.74, 6) is -0.425. The van der Waals surface area contributed by atoms with Gasteiger partial charge in [0.2, 0.25) is 5.76 Å². The maximum absolute atomic E-state index is 11.9. The van der Waals surface area contributed by atoms with Crippen LogP contribution in [0.25, 0.3) is 11.0 Å². The van der Waals surface area contributed by atoms with Gasteiger partial charge in [-0.05, 0) is 24.3 Å². The summed E-state index contributed by atoms with van der Waals surface area (Å²) in [6, 6.07) is 6.59. The molecule has 2 heterocycles. The molecule has 0 saturated carbocycles. The molecular weight excluding hydrogens is 274 g/mol. The van der Waals surface area contributed by atoms with E-state index in [0.29, 0.717) is 30.9 Å². The van der Waals surface area contributed by atoms with Crippen molar-refractivity contribution in [2.24, 2.45) is 0 Å². The predicted molar refractivity (Wildman–Crippen MR) is 75.9 cm³/mol. The minimum atomic E-state index is -0.552. The number of nitrogens with one attached hydrogen (secondary N) is 1. The van der Waals surface area contributed by atoms with E-state index >= 15 is 0 Å². The van der Waals surface area contributed by atoms with Crippen molar-refractivity contribution in [1.82, 2.24) is 10.2 Å². The highest BCUT2D eigenvalue weighted by Crippen LogP contribution is 2.22. The minimum absolute atomic E-state index is 0.126. The van der Waals surface area contributed by atoms with Gasteiger partial charge in [-0.1, -0.05) is 0 Å². The second-order valence-electron chi connectivity index (χ2n) is 4.76. The molecule has 1 aliphatic heterocycles. The van der Waals surface area contributed by atoms with E-state index in [1.54, 1.807) is 29.2 Å². The Morgan fingerprint density at radius 1 is 1.43 bits per heavy atom. The van der Waals surface area contributed by atoms with E-state index in [2.05, 4.69) is 5.32 Å². The first-order valence-corrected chi connectivity index (χ1v) is 6.62. The van der Waals surface area contributed by atoms with Crippen LogP contribution < -0.4 is 11.1 Å². The van der Waals surface area contributed by atoms with Crippen LogP contribution in [-0.2, 0) is 4.74 Å². The number of anilines is 1. The Labute approximate surface area is 120 Å². The summed E-state index contributed by atoms with van der Waals surface area (Å²) in [6.45, 7) is 1.74. The number of rotatable bonds is 4. The number of carbonyl (C=O) groups excluding carboxylic acids is 2. The molecule has 1 fully saturated rings. The van der Waals surface area contributed by atoms with Crippen molar-refractivity contribution in [1.29, 1.82) is 0 Å². The molecule has 0 bridgehead atoms. The zero-order valence-electron chi connectivity index (χ0n) is 11.3. The highest BCUT2D eigenvalue weighted by molar-refractivity contribution is 5.93. The molecule has 1 aliphatic rings. The number of nitrogen functional groups attached to an aromatic ring is 1. The Balaban J connectivity index is 1.60. The molecule has 110 valence electrons. The average molecular weight is 289 g/mol. The number of carbonyl (C=O) groups is 2. The predicted octanol–water partition coefficient (Wildman–Crippen LogP) is 1.20. The number of nitrogens with two attached hydrogens (primary N) is 1. The van der Waals surface area contributed by atoms with Crippen molar-refractivity contribution in [2.45, 2.75) is 0 Å². The Hall–Kier alpha value is -2.70. The number of fused-ring (bicyclic) bond motifs is 1. The molecular formula is C14H15N3O4. The van der Waals surface area contributed by atoms with Gasteiger partial charge < -0.3 is 25.1 Å². The lowest BCUT2D eigenvalue weighted by Gasteiger charge is -2.13. The summed E-state index contributed by atoms with van der Waals surface area (Å²) >= 11 is 0. The summed E-state index contributed by atoms with van der Waals surface area (Å²) in [4.78, 5) is 24.8. The zero-order valence-corrected chi connectivity index (χ0v) is 11.3. The van der Waals surface area contributed by atoms with Gasteiger partial charge >= 0.3 is 12.0 Å². The summed E-state index contributed by atoms with van der Waals surface area (Å²) in [6.07, 6.45) is 0. The first-order valence-electron chi connectivity index (χ1n) is 6.62. The summed E-state index contributed by atoms with van der Waals surface area (Å²) in [5, 5.41) is 3.43. The monoisotopic (exact) mass is 289 g/mol. The Kier molecular flexibility index (Phi) is 3.39. The number of benzene rings is 1. The standard InChI is InChI=1S/C14H15N3O4/c15-10-1-2-11-9(7-10)8-12(21-11)13(18)20-6-5-17-4-3-16-14(17)19/h1-2,7-8H,3-6,15H2,(H,16,19). The molecule has 1 saturated heterocycles. The van der Waals surface area contributed by atoms with Crippen LogP contribution >= 0.6 is 0 Å². The topological polar surface area (TPSA) is 97.8 Å². The molecule has 21 heavy (non-hydrogen) atoms. The quantitative estimate of drug-likeness (QED) is 0.651. The van der Waals surface area contributed by atoms with Crippen molar-refractivity contribution in [2.75, 3.05) is 32.0 Å². The van der Waals surface area contributed by atoms with E-state index < -0.39 is 5.97 Å². The van der Waals surface area contributed by atoms with Crippen molar-refractivity contribution in [3.63, 3.8) is 0 Å². The van der Waals surface area contributed by atoms with Crippen LogP contribution in [0.4, 0.5) is 10.5 Å². The van der Waals surface area contributed by atoms with Gasteiger partial charge in [0.15, 0.2) is 0 Å². The van der Waals surface area contributed by atoms with Crippen molar-refractivity contribution >= 4 is 28.7 Å². The van der Waals surface area contributed by atoms with Crippen LogP contribution in [0.5, 0.6) is 0 Å². The first kappa shape index (κ1) is 13.3.